The quantitative estimate of drug-likeness (QED) is 0.463. The van der Waals surface area contributed by atoms with E-state index in [2.05, 4.69) is 37.2 Å². The molecule has 0 radical (unpaired) electrons. The molecule has 0 saturated carbocycles. The highest BCUT2D eigenvalue weighted by atomic mass is 79.9. The van der Waals surface area contributed by atoms with Crippen molar-refractivity contribution < 1.29 is 9.85 Å². The first kappa shape index (κ1) is 20.9. The molecule has 1 fully saturated rings. The molecule has 1 aliphatic rings. The molecule has 0 aromatic heterocycles. The summed E-state index contributed by atoms with van der Waals surface area (Å²) in [5, 5.41) is 27.3. The van der Waals surface area contributed by atoms with Gasteiger partial charge in [0.2, 0.25) is 12.1 Å². The van der Waals surface area contributed by atoms with E-state index in [1.807, 2.05) is 24.3 Å². The largest absolute Gasteiger partial charge is 0.291 e. The monoisotopic (exact) mass is 511 g/mol. The lowest BCUT2D eigenvalue weighted by Gasteiger charge is -2.44. The molecule has 0 aliphatic carbocycles. The number of nitro groups is 2. The first-order valence-corrected chi connectivity index (χ1v) is 10.3. The second kappa shape index (κ2) is 7.88. The summed E-state index contributed by atoms with van der Waals surface area (Å²) >= 11 is 6.81. The maximum atomic E-state index is 12.0. The Labute approximate surface area is 179 Å². The van der Waals surface area contributed by atoms with Gasteiger partial charge < -0.3 is 0 Å². The summed E-state index contributed by atoms with van der Waals surface area (Å²) in [7, 11) is 0. The summed E-state index contributed by atoms with van der Waals surface area (Å²) < 4.78 is 1.59. The number of rotatable bonds is 4. The number of hydrogen-bond donors (Lipinski definition) is 1. The highest BCUT2D eigenvalue weighted by Crippen LogP contribution is 2.47. The number of nitrogens with zero attached hydrogens (tertiary/aromatic N) is 2. The van der Waals surface area contributed by atoms with E-state index in [0.717, 1.165) is 8.95 Å². The van der Waals surface area contributed by atoms with Gasteiger partial charge in [-0.05, 0) is 49.2 Å². The van der Waals surface area contributed by atoms with Crippen LogP contribution < -0.4 is 5.32 Å². The van der Waals surface area contributed by atoms with Crippen LogP contribution in [0.15, 0.2) is 57.5 Å². The van der Waals surface area contributed by atoms with E-state index < -0.39 is 39.4 Å². The number of piperidine rings is 1. The van der Waals surface area contributed by atoms with Gasteiger partial charge in [0, 0.05) is 18.8 Å². The van der Waals surface area contributed by atoms with E-state index in [9.17, 15) is 20.2 Å². The molecule has 1 saturated heterocycles. The van der Waals surface area contributed by atoms with Crippen LogP contribution in [0.1, 0.15) is 37.1 Å². The van der Waals surface area contributed by atoms with E-state index in [1.54, 1.807) is 38.1 Å². The van der Waals surface area contributed by atoms with Gasteiger partial charge in [-0.2, -0.15) is 0 Å². The number of hydrogen-bond acceptors (Lipinski definition) is 5. The van der Waals surface area contributed by atoms with Gasteiger partial charge in [0.05, 0.1) is 0 Å². The molecule has 0 amide bonds. The third-order valence-corrected chi connectivity index (χ3v) is 6.37. The van der Waals surface area contributed by atoms with Gasteiger partial charge in [0.1, 0.15) is 17.5 Å². The Morgan fingerprint density at radius 2 is 1.25 bits per heavy atom. The molecule has 2 aromatic rings. The van der Waals surface area contributed by atoms with E-state index in [-0.39, 0.29) is 0 Å². The van der Waals surface area contributed by atoms with Crippen LogP contribution in [0, 0.1) is 25.6 Å². The molecule has 9 heteroatoms. The first-order chi connectivity index (χ1) is 13.1. The topological polar surface area (TPSA) is 98.3 Å². The highest BCUT2D eigenvalue weighted by Gasteiger charge is 2.62. The maximum absolute atomic E-state index is 12.0. The highest BCUT2D eigenvalue weighted by molar-refractivity contribution is 9.10. The van der Waals surface area contributed by atoms with Crippen LogP contribution in [0.5, 0.6) is 0 Å². The van der Waals surface area contributed by atoms with Crippen molar-refractivity contribution in [1.29, 1.82) is 0 Å². The van der Waals surface area contributed by atoms with Gasteiger partial charge in [-0.3, -0.25) is 25.5 Å². The second-order valence-electron chi connectivity index (χ2n) is 7.51. The average Bonchev–Trinajstić information content (AvgIpc) is 2.59. The molecule has 2 aromatic carbocycles. The summed E-state index contributed by atoms with van der Waals surface area (Å²) in [5.74, 6) is 0. The van der Waals surface area contributed by atoms with Gasteiger partial charge in [-0.15, -0.1) is 0 Å². The Morgan fingerprint density at radius 1 is 0.857 bits per heavy atom. The molecule has 0 bridgehead atoms. The lowest BCUT2D eigenvalue weighted by molar-refractivity contribution is -0.605. The molecule has 4 atom stereocenters. The Morgan fingerprint density at radius 3 is 1.57 bits per heavy atom. The Balaban J connectivity index is 2.18. The van der Waals surface area contributed by atoms with Crippen LogP contribution >= 0.6 is 31.9 Å². The Hall–Kier alpha value is -1.84. The predicted octanol–water partition coefficient (Wildman–Crippen LogP) is 4.91. The van der Waals surface area contributed by atoms with Crippen LogP contribution in [0.2, 0.25) is 0 Å². The molecule has 1 aliphatic heterocycles. The van der Waals surface area contributed by atoms with Crippen LogP contribution in [0.3, 0.4) is 0 Å². The van der Waals surface area contributed by atoms with Crippen molar-refractivity contribution in [2.45, 2.75) is 38.0 Å². The molecule has 1 heterocycles. The van der Waals surface area contributed by atoms with Crippen LogP contribution in [0.25, 0.3) is 0 Å². The third-order valence-electron chi connectivity index (χ3n) is 5.39. The summed E-state index contributed by atoms with van der Waals surface area (Å²) in [6.45, 7) is 3.23. The molecule has 0 unspecified atom stereocenters. The zero-order chi connectivity index (χ0) is 20.6. The summed E-state index contributed by atoms with van der Waals surface area (Å²) in [4.78, 5) is 23.3. The minimum absolute atomic E-state index is 0.397. The first-order valence-electron chi connectivity index (χ1n) is 8.67. The predicted molar refractivity (Wildman–Crippen MR) is 112 cm³/mol. The fourth-order valence-corrected chi connectivity index (χ4v) is 4.99. The summed E-state index contributed by atoms with van der Waals surface area (Å²) in [6, 6.07) is 10.8. The van der Waals surface area contributed by atoms with Crippen molar-refractivity contribution in [2.75, 3.05) is 0 Å². The Kier molecular flexibility index (Phi) is 5.88. The second-order valence-corrected chi connectivity index (χ2v) is 9.35. The fourth-order valence-electron chi connectivity index (χ4n) is 4.15. The molecular weight excluding hydrogens is 494 g/mol. The van der Waals surface area contributed by atoms with E-state index in [4.69, 9.17) is 0 Å². The zero-order valence-corrected chi connectivity index (χ0v) is 18.4. The maximum Gasteiger partial charge on any atom is 0.243 e. The van der Waals surface area contributed by atoms with E-state index in [1.165, 1.54) is 0 Å². The van der Waals surface area contributed by atoms with E-state index >= 15 is 0 Å². The van der Waals surface area contributed by atoms with E-state index in [0.29, 0.717) is 11.1 Å². The molecule has 1 N–H and O–H groups in total. The minimum Gasteiger partial charge on any atom is -0.291 e. The fraction of sp³-hybridized carbons (Fsp3) is 0.368. The van der Waals surface area contributed by atoms with Crippen LogP contribution in [0.4, 0.5) is 0 Å². The zero-order valence-electron chi connectivity index (χ0n) is 15.2. The summed E-state index contributed by atoms with van der Waals surface area (Å²) in [5.41, 5.74) is 0.231. The number of benzene rings is 2. The summed E-state index contributed by atoms with van der Waals surface area (Å²) in [6.07, 6.45) is 0. The van der Waals surface area contributed by atoms with Crippen LogP contribution in [-0.2, 0) is 0 Å². The Bertz CT molecular complexity index is 850. The van der Waals surface area contributed by atoms with Crippen molar-refractivity contribution in [3.8, 4) is 0 Å². The number of halogens is 2. The van der Waals surface area contributed by atoms with Crippen molar-refractivity contribution in [3.05, 3.63) is 88.8 Å². The molecule has 7 nitrogen and oxygen atoms in total. The van der Waals surface area contributed by atoms with Gasteiger partial charge in [0.15, 0.2) is 0 Å². The van der Waals surface area contributed by atoms with Gasteiger partial charge >= 0.3 is 0 Å². The third kappa shape index (κ3) is 3.83. The molecular formula is C19H19Br2N3O4. The smallest absolute Gasteiger partial charge is 0.243 e. The number of nitrogens with one attached hydrogen (secondary N) is 1. The standard InChI is InChI=1S/C19H19Br2N3O4/c1-19(2)17(23(25)26)15(11-5-3-7-13(20)9-11)22-16(18(19)24(27)28)12-6-4-8-14(21)10-12/h3-10,15-18,22H,1-2H3/t15-,16-,17+,18+/m0/s1. The molecule has 28 heavy (non-hydrogen) atoms. The van der Waals surface area contributed by atoms with Crippen LogP contribution in [-0.4, -0.2) is 21.9 Å². The lowest BCUT2D eigenvalue weighted by atomic mass is 9.66. The molecule has 3 rings (SSSR count). The minimum atomic E-state index is -1.20. The van der Waals surface area contributed by atoms with Crippen molar-refractivity contribution in [3.63, 3.8) is 0 Å². The van der Waals surface area contributed by atoms with Crippen molar-refractivity contribution in [2.24, 2.45) is 5.41 Å². The lowest BCUT2D eigenvalue weighted by Crippen LogP contribution is -2.63. The van der Waals surface area contributed by atoms with Gasteiger partial charge in [0.25, 0.3) is 0 Å². The average molecular weight is 513 g/mol. The van der Waals surface area contributed by atoms with Crippen molar-refractivity contribution in [1.82, 2.24) is 5.32 Å². The molecule has 0 spiro atoms. The van der Waals surface area contributed by atoms with Crippen molar-refractivity contribution >= 4 is 31.9 Å². The normalized spacial score (nSPS) is 26.6. The van der Waals surface area contributed by atoms with Gasteiger partial charge in [-0.25, -0.2) is 0 Å². The SMILES string of the molecule is CC1(C)[C@H]([N+](=O)[O-])[C@H](c2cccc(Br)c2)N[C@@H](c2cccc(Br)c2)[C@H]1[N+](=O)[O-]. The molecule has 148 valence electrons. The van der Waals surface area contributed by atoms with Gasteiger partial charge in [-0.1, -0.05) is 56.1 Å².